The van der Waals surface area contributed by atoms with Crippen LogP contribution in [0, 0.1) is 40.4 Å². The number of allylic oxidation sites excluding steroid dienone is 4. The lowest BCUT2D eigenvalue weighted by Gasteiger charge is -2.63. The average Bonchev–Trinajstić information content (AvgIpc) is 3.66. The fraction of sp³-hybridized carbons (Fsp3) is 0.556. The molecule has 0 aromatic heterocycles. The molecule has 0 bridgehead atoms. The maximum atomic E-state index is 17.7. The highest BCUT2D eigenvalue weighted by Crippen LogP contribution is 2.72. The van der Waals surface area contributed by atoms with Gasteiger partial charge in [0.1, 0.15) is 18.6 Å². The maximum absolute atomic E-state index is 17.7. The van der Waals surface area contributed by atoms with Gasteiger partial charge in [-0.05, 0) is 85.4 Å². The number of Topliss-reactive ketones (excluding diaryl/α,β-unsaturated/α-hetero) is 2. The van der Waals surface area contributed by atoms with E-state index in [-0.39, 0.29) is 54.8 Å². The third-order valence-electron chi connectivity index (χ3n) is 14.2. The van der Waals surface area contributed by atoms with E-state index in [2.05, 4.69) is 5.32 Å². The Morgan fingerprint density at radius 2 is 1.71 bits per heavy atom. The van der Waals surface area contributed by atoms with Gasteiger partial charge in [-0.15, -0.1) is 0 Å². The topological polar surface area (TPSA) is 139 Å². The van der Waals surface area contributed by atoms with Gasteiger partial charge in [-0.1, -0.05) is 77.1 Å². The molecule has 2 aromatic rings. The summed E-state index contributed by atoms with van der Waals surface area (Å²) in [4.78, 5) is 51.6. The zero-order chi connectivity index (χ0) is 40.5. The molecular formula is C45H53F2NO8. The Kier molecular flexibility index (Phi) is 10.4. The van der Waals surface area contributed by atoms with Gasteiger partial charge >= 0.3 is 0 Å². The number of alkyl halides is 2. The number of rotatable bonds is 11. The number of aliphatic hydroxyl groups excluding tert-OH is 2. The Balaban J connectivity index is 1.07. The molecule has 2 aromatic carbocycles. The Hall–Kier alpha value is -3.90. The molecule has 12 atom stereocenters. The standard InChI is InChI=1S/C45H53F2NO8/c1-24(2)26(4)36(51)16-25(3)40(54)48-30-9-7-8-28(18-30)17-27-10-12-29(13-11-27)41-55-39-21-32-33-20-35(46)34-19-31(50)14-15-42(34,5)44(33,47)37(52)22-43(32,6)45(39,56-41)38(53)23-49/h7-15,18-19,24-26,32-33,35,37,39,41,49,52H,16-17,20-23H2,1-6H3,(H,48,54)/t25-,26+,32+,33+,35+,37+,39?,41?,42+,43+,44+,45-/m1/s1. The number of benzene rings is 2. The fourth-order valence-electron chi connectivity index (χ4n) is 10.7. The van der Waals surface area contributed by atoms with Crippen LogP contribution >= 0.6 is 0 Å². The minimum absolute atomic E-state index is 0.0206. The number of ether oxygens (including phenoxy) is 2. The summed E-state index contributed by atoms with van der Waals surface area (Å²) >= 11 is 0. The summed E-state index contributed by atoms with van der Waals surface area (Å²) in [5, 5.41) is 25.0. The third-order valence-corrected chi connectivity index (χ3v) is 14.2. The number of halogens is 2. The first kappa shape index (κ1) is 40.3. The number of carbonyl (C=O) groups excluding carboxylic acids is 4. The lowest BCUT2D eigenvalue weighted by atomic mass is 9.44. The summed E-state index contributed by atoms with van der Waals surface area (Å²) in [7, 11) is 0. The summed E-state index contributed by atoms with van der Waals surface area (Å²) in [5.74, 6) is -3.23. The van der Waals surface area contributed by atoms with E-state index < -0.39 is 82.7 Å². The van der Waals surface area contributed by atoms with Crippen LogP contribution in [0.4, 0.5) is 14.5 Å². The number of amides is 1. The Morgan fingerprint density at radius 1 is 1.00 bits per heavy atom. The molecular weight excluding hydrogens is 720 g/mol. The summed E-state index contributed by atoms with van der Waals surface area (Å²) in [5.41, 5.74) is -3.63. The smallest absolute Gasteiger partial charge is 0.227 e. The van der Waals surface area contributed by atoms with Gasteiger partial charge in [0.05, 0.1) is 12.2 Å². The molecule has 9 nitrogen and oxygen atoms in total. The molecule has 1 aliphatic heterocycles. The summed E-state index contributed by atoms with van der Waals surface area (Å²) in [6.07, 6.45) is -0.977. The molecule has 1 heterocycles. The number of ketones is 3. The molecule has 11 heteroatoms. The van der Waals surface area contributed by atoms with Gasteiger partial charge in [-0.3, -0.25) is 19.2 Å². The van der Waals surface area contributed by atoms with Crippen molar-refractivity contribution in [3.8, 4) is 0 Å². The molecule has 5 aliphatic rings. The minimum Gasteiger partial charge on any atom is -0.390 e. The van der Waals surface area contributed by atoms with Crippen LogP contribution in [0.5, 0.6) is 0 Å². The number of fused-ring (bicyclic) bond motifs is 7. The first-order valence-electron chi connectivity index (χ1n) is 19.8. The highest BCUT2D eigenvalue weighted by molar-refractivity contribution is 6.01. The molecule has 0 radical (unpaired) electrons. The Bertz CT molecular complexity index is 1980. The van der Waals surface area contributed by atoms with Crippen molar-refractivity contribution >= 4 is 28.9 Å². The first-order chi connectivity index (χ1) is 26.4. The van der Waals surface area contributed by atoms with Crippen LogP contribution in [0.2, 0.25) is 0 Å². The highest BCUT2D eigenvalue weighted by Gasteiger charge is 2.80. The van der Waals surface area contributed by atoms with Gasteiger partial charge in [0.25, 0.3) is 0 Å². The molecule has 1 amide bonds. The van der Waals surface area contributed by atoms with E-state index in [9.17, 15) is 29.4 Å². The van der Waals surface area contributed by atoms with Crippen molar-refractivity contribution in [2.24, 2.45) is 40.4 Å². The van der Waals surface area contributed by atoms with E-state index >= 15 is 8.78 Å². The number of hydrogen-bond acceptors (Lipinski definition) is 8. The number of carbonyl (C=O) groups is 4. The molecule has 3 saturated carbocycles. The molecule has 1 saturated heterocycles. The summed E-state index contributed by atoms with van der Waals surface area (Å²) in [6.45, 7) is 10.1. The van der Waals surface area contributed by atoms with Gasteiger partial charge in [0.15, 0.2) is 29.1 Å². The minimum atomic E-state index is -2.32. The lowest BCUT2D eigenvalue weighted by molar-refractivity contribution is -0.235. The molecule has 0 spiro atoms. The van der Waals surface area contributed by atoms with E-state index in [0.29, 0.717) is 17.7 Å². The summed E-state index contributed by atoms with van der Waals surface area (Å²) in [6, 6.07) is 15.0. The molecule has 300 valence electrons. The van der Waals surface area contributed by atoms with Gasteiger partial charge < -0.3 is 25.0 Å². The van der Waals surface area contributed by atoms with Crippen LogP contribution in [0.1, 0.15) is 90.2 Å². The van der Waals surface area contributed by atoms with Crippen LogP contribution < -0.4 is 5.32 Å². The molecule has 4 aliphatic carbocycles. The van der Waals surface area contributed by atoms with E-state index in [0.717, 1.165) is 17.2 Å². The van der Waals surface area contributed by atoms with Crippen LogP contribution in [0.3, 0.4) is 0 Å². The highest BCUT2D eigenvalue weighted by atomic mass is 19.1. The van der Waals surface area contributed by atoms with Gasteiger partial charge in [0.2, 0.25) is 5.91 Å². The zero-order valence-electron chi connectivity index (χ0n) is 32.9. The Labute approximate surface area is 326 Å². The SMILES string of the molecule is CC(C)[C@H](C)C(=O)C[C@@H](C)C(=O)Nc1cccc(Cc2ccc(C3OC4C[C@H]5[C@@H]6C[C@H](F)C7=CC(=O)C=C[C@]7(C)[C@@]6(F)[C@@H](O)C[C@]5(C)[C@]4(C(=O)CO)O3)cc2)c1. The van der Waals surface area contributed by atoms with Crippen LogP contribution in [-0.4, -0.2) is 69.7 Å². The van der Waals surface area contributed by atoms with Crippen molar-refractivity contribution in [1.82, 2.24) is 0 Å². The predicted molar refractivity (Wildman–Crippen MR) is 205 cm³/mol. The number of aliphatic hydroxyl groups is 2. The second kappa shape index (κ2) is 14.5. The third kappa shape index (κ3) is 6.15. The fourth-order valence-corrected chi connectivity index (χ4v) is 10.7. The van der Waals surface area contributed by atoms with Crippen molar-refractivity contribution in [2.45, 2.75) is 110 Å². The van der Waals surface area contributed by atoms with Gasteiger partial charge in [-0.25, -0.2) is 8.78 Å². The van der Waals surface area contributed by atoms with Gasteiger partial charge in [0, 0.05) is 46.3 Å². The van der Waals surface area contributed by atoms with Crippen LogP contribution in [0.25, 0.3) is 0 Å². The van der Waals surface area contributed by atoms with Crippen molar-refractivity contribution in [3.63, 3.8) is 0 Å². The van der Waals surface area contributed by atoms with E-state index in [1.807, 2.05) is 69.3 Å². The van der Waals surface area contributed by atoms with Crippen LogP contribution in [0.15, 0.2) is 72.3 Å². The van der Waals surface area contributed by atoms with Crippen molar-refractivity contribution in [3.05, 3.63) is 89.0 Å². The lowest BCUT2D eigenvalue weighted by Crippen LogP contribution is -2.70. The van der Waals surface area contributed by atoms with Gasteiger partial charge in [-0.2, -0.15) is 0 Å². The average molecular weight is 774 g/mol. The predicted octanol–water partition coefficient (Wildman–Crippen LogP) is 6.75. The summed E-state index contributed by atoms with van der Waals surface area (Å²) < 4.78 is 46.7. The first-order valence-corrected chi connectivity index (χ1v) is 19.8. The van der Waals surface area contributed by atoms with Crippen molar-refractivity contribution < 1.29 is 47.6 Å². The van der Waals surface area contributed by atoms with Crippen molar-refractivity contribution in [1.29, 1.82) is 0 Å². The van der Waals surface area contributed by atoms with Crippen molar-refractivity contribution in [2.75, 3.05) is 11.9 Å². The number of anilines is 1. The second-order valence-electron chi connectivity index (χ2n) is 17.7. The molecule has 2 unspecified atom stereocenters. The van der Waals surface area contributed by atoms with E-state index in [1.54, 1.807) is 13.8 Å². The molecule has 3 N–H and O–H groups in total. The van der Waals surface area contributed by atoms with E-state index in [4.69, 9.17) is 9.47 Å². The van der Waals surface area contributed by atoms with Crippen LogP contribution in [-0.2, 0) is 35.1 Å². The maximum Gasteiger partial charge on any atom is 0.227 e. The second-order valence-corrected chi connectivity index (χ2v) is 17.7. The monoisotopic (exact) mass is 773 g/mol. The zero-order valence-corrected chi connectivity index (χ0v) is 32.9. The number of nitrogens with one attached hydrogen (secondary N) is 1. The number of hydrogen-bond donors (Lipinski definition) is 3. The largest absolute Gasteiger partial charge is 0.390 e. The molecule has 4 fully saturated rings. The molecule has 56 heavy (non-hydrogen) atoms. The Morgan fingerprint density at radius 3 is 2.39 bits per heavy atom. The van der Waals surface area contributed by atoms with E-state index in [1.165, 1.54) is 19.1 Å². The molecule has 7 rings (SSSR count). The normalized spacial score (nSPS) is 36.8. The quantitative estimate of drug-likeness (QED) is 0.228.